The molecule has 1 rings (SSSR count). The number of rotatable bonds is 6. The molecule has 0 aromatic carbocycles. The van der Waals surface area contributed by atoms with Gasteiger partial charge in [0, 0.05) is 12.8 Å². The van der Waals surface area contributed by atoms with Crippen molar-refractivity contribution >= 4 is 43.2 Å². The van der Waals surface area contributed by atoms with Crippen molar-refractivity contribution in [2.75, 3.05) is 6.61 Å². The molecule has 0 saturated carbocycles. The van der Waals surface area contributed by atoms with Crippen LogP contribution in [0.5, 0.6) is 0 Å². The number of hydrogen-bond donors (Lipinski definition) is 2. The molecular formula is C12H19NO4S2. The second-order valence-corrected chi connectivity index (χ2v) is 6.68. The fourth-order valence-corrected chi connectivity index (χ4v) is 2.20. The van der Waals surface area contributed by atoms with Crippen LogP contribution in [0, 0.1) is 0 Å². The van der Waals surface area contributed by atoms with E-state index in [1.807, 2.05) is 0 Å². The number of likely N-dealkylation sites (tertiary alicyclic amines) is 1. The normalized spacial score (nSPS) is 16.1. The van der Waals surface area contributed by atoms with Crippen molar-refractivity contribution in [1.29, 1.82) is 0 Å². The average molecular weight is 305 g/mol. The summed E-state index contributed by atoms with van der Waals surface area (Å²) in [7, 11) is 0. The minimum absolute atomic E-state index is 0.0428. The molecule has 5 nitrogen and oxygen atoms in total. The van der Waals surface area contributed by atoms with Crippen LogP contribution in [0.15, 0.2) is 0 Å². The van der Waals surface area contributed by atoms with Crippen molar-refractivity contribution in [2.24, 2.45) is 0 Å². The van der Waals surface area contributed by atoms with Crippen LogP contribution in [-0.4, -0.2) is 33.5 Å². The summed E-state index contributed by atoms with van der Waals surface area (Å²) < 4.78 is 4.22. The lowest BCUT2D eigenvalue weighted by Crippen LogP contribution is -2.38. The van der Waals surface area contributed by atoms with Gasteiger partial charge in [-0.15, -0.1) is 0 Å². The fraction of sp³-hybridized carbons (Fsp3) is 0.750. The Hall–Kier alpha value is -0.690. The average Bonchev–Trinajstić information content (AvgIpc) is 2.66. The molecule has 0 unspecified atom stereocenters. The van der Waals surface area contributed by atoms with Gasteiger partial charge in [-0.25, -0.2) is 4.79 Å². The number of amides is 3. The molecule has 1 fully saturated rings. The number of carbonyl (C=O) groups is 3. The zero-order chi connectivity index (χ0) is 14.5. The minimum Gasteiger partial charge on any atom is -0.446 e. The van der Waals surface area contributed by atoms with E-state index in [-0.39, 0.29) is 19.4 Å². The number of thiol groups is 2. The van der Waals surface area contributed by atoms with Gasteiger partial charge in [0.05, 0.1) is 4.08 Å². The molecule has 0 aliphatic carbocycles. The van der Waals surface area contributed by atoms with Crippen molar-refractivity contribution < 1.29 is 19.1 Å². The highest BCUT2D eigenvalue weighted by Gasteiger charge is 2.36. The highest BCUT2D eigenvalue weighted by molar-refractivity contribution is 8.00. The molecule has 0 N–H and O–H groups in total. The van der Waals surface area contributed by atoms with Gasteiger partial charge in [0.1, 0.15) is 6.61 Å². The van der Waals surface area contributed by atoms with Crippen molar-refractivity contribution in [3.05, 3.63) is 0 Å². The summed E-state index contributed by atoms with van der Waals surface area (Å²) in [6, 6.07) is 0. The van der Waals surface area contributed by atoms with Gasteiger partial charge >= 0.3 is 6.09 Å². The first-order chi connectivity index (χ1) is 8.87. The van der Waals surface area contributed by atoms with E-state index in [9.17, 15) is 14.4 Å². The first-order valence-electron chi connectivity index (χ1n) is 6.34. The summed E-state index contributed by atoms with van der Waals surface area (Å²) in [4.78, 5) is 34.9. The zero-order valence-corrected chi connectivity index (χ0v) is 12.7. The molecule has 1 heterocycles. The van der Waals surface area contributed by atoms with Crippen LogP contribution in [0.3, 0.4) is 0 Å². The molecular weight excluding hydrogens is 286 g/mol. The van der Waals surface area contributed by atoms with Gasteiger partial charge in [0.25, 0.3) is 0 Å². The molecule has 19 heavy (non-hydrogen) atoms. The summed E-state index contributed by atoms with van der Waals surface area (Å²) in [6.45, 7) is 2.04. The van der Waals surface area contributed by atoms with E-state index >= 15 is 0 Å². The maximum atomic E-state index is 11.6. The lowest BCUT2D eigenvalue weighted by atomic mass is 10.1. The number of unbranched alkanes of at least 4 members (excludes halogenated alkanes) is 2. The van der Waals surface area contributed by atoms with Gasteiger partial charge < -0.3 is 4.74 Å². The SMILES string of the molecule is CCCCCC(S)(S)COC(=O)N1C(=O)CCC1=O. The maximum absolute atomic E-state index is 11.6. The van der Waals surface area contributed by atoms with E-state index in [2.05, 4.69) is 32.2 Å². The second-order valence-electron chi connectivity index (χ2n) is 4.62. The Kier molecular flexibility index (Phi) is 6.19. The molecule has 0 spiro atoms. The molecule has 0 bridgehead atoms. The Bertz CT molecular complexity index is 355. The van der Waals surface area contributed by atoms with Crippen molar-refractivity contribution in [3.8, 4) is 0 Å². The second kappa shape index (κ2) is 7.19. The monoisotopic (exact) mass is 305 g/mol. The molecule has 0 radical (unpaired) electrons. The van der Waals surface area contributed by atoms with Gasteiger partial charge in [0.15, 0.2) is 0 Å². The van der Waals surface area contributed by atoms with E-state index < -0.39 is 22.0 Å². The number of ether oxygens (including phenoxy) is 1. The Morgan fingerprint density at radius 2 is 1.84 bits per heavy atom. The van der Waals surface area contributed by atoms with Crippen molar-refractivity contribution in [1.82, 2.24) is 4.90 Å². The van der Waals surface area contributed by atoms with E-state index in [0.717, 1.165) is 19.3 Å². The minimum atomic E-state index is -0.921. The summed E-state index contributed by atoms with van der Waals surface area (Å²) >= 11 is 8.64. The van der Waals surface area contributed by atoms with Crippen LogP contribution in [0.1, 0.15) is 45.4 Å². The smallest absolute Gasteiger partial charge is 0.423 e. The molecule has 1 saturated heterocycles. The third-order valence-electron chi connectivity index (χ3n) is 2.84. The molecule has 0 aromatic heterocycles. The highest BCUT2D eigenvalue weighted by atomic mass is 32.2. The third-order valence-corrected chi connectivity index (χ3v) is 3.55. The molecule has 108 valence electrons. The largest absolute Gasteiger partial charge is 0.446 e. The predicted molar refractivity (Wildman–Crippen MR) is 77.3 cm³/mol. The quantitative estimate of drug-likeness (QED) is 0.342. The summed E-state index contributed by atoms with van der Waals surface area (Å²) in [5.41, 5.74) is 0. The third kappa shape index (κ3) is 5.06. The highest BCUT2D eigenvalue weighted by Crippen LogP contribution is 2.27. The van der Waals surface area contributed by atoms with Crippen LogP contribution in [0.2, 0.25) is 0 Å². The Labute approximate surface area is 123 Å². The number of imide groups is 3. The summed E-state index contributed by atoms with van der Waals surface area (Å²) in [6.07, 6.45) is 2.96. The molecule has 0 aromatic rings. The van der Waals surface area contributed by atoms with Gasteiger partial charge in [0.2, 0.25) is 11.8 Å². The van der Waals surface area contributed by atoms with Crippen LogP contribution in [0.25, 0.3) is 0 Å². The van der Waals surface area contributed by atoms with E-state index in [1.54, 1.807) is 0 Å². The fourth-order valence-electron chi connectivity index (χ4n) is 1.75. The van der Waals surface area contributed by atoms with Crippen LogP contribution >= 0.6 is 25.3 Å². The maximum Gasteiger partial charge on any atom is 0.423 e. The van der Waals surface area contributed by atoms with Gasteiger partial charge in [-0.05, 0) is 6.42 Å². The van der Waals surface area contributed by atoms with Crippen LogP contribution in [-0.2, 0) is 14.3 Å². The zero-order valence-electron chi connectivity index (χ0n) is 10.9. The lowest BCUT2D eigenvalue weighted by molar-refractivity contribution is -0.136. The first kappa shape index (κ1) is 16.4. The van der Waals surface area contributed by atoms with Gasteiger partial charge in [-0.1, -0.05) is 26.2 Å². The molecule has 1 aliphatic rings. The lowest BCUT2D eigenvalue weighted by Gasteiger charge is -2.23. The van der Waals surface area contributed by atoms with E-state index in [4.69, 9.17) is 4.74 Å². The Balaban J connectivity index is 2.40. The summed E-state index contributed by atoms with van der Waals surface area (Å²) in [5, 5.41) is 0. The first-order valence-corrected chi connectivity index (χ1v) is 7.24. The predicted octanol–water partition coefficient (Wildman–Crippen LogP) is 2.41. The number of hydrogen-bond acceptors (Lipinski definition) is 6. The van der Waals surface area contributed by atoms with Gasteiger partial charge in [-0.3, -0.25) is 9.59 Å². The molecule has 1 aliphatic heterocycles. The molecule has 3 amide bonds. The van der Waals surface area contributed by atoms with E-state index in [0.29, 0.717) is 11.3 Å². The molecule has 0 atom stereocenters. The summed E-state index contributed by atoms with van der Waals surface area (Å²) in [5.74, 6) is -1.02. The van der Waals surface area contributed by atoms with E-state index in [1.165, 1.54) is 0 Å². The van der Waals surface area contributed by atoms with Gasteiger partial charge in [-0.2, -0.15) is 30.2 Å². The van der Waals surface area contributed by atoms with Crippen LogP contribution in [0.4, 0.5) is 4.79 Å². The Morgan fingerprint density at radius 1 is 1.26 bits per heavy atom. The Morgan fingerprint density at radius 3 is 2.37 bits per heavy atom. The van der Waals surface area contributed by atoms with Crippen molar-refractivity contribution in [2.45, 2.75) is 49.5 Å². The topological polar surface area (TPSA) is 63.7 Å². The van der Waals surface area contributed by atoms with Crippen molar-refractivity contribution in [3.63, 3.8) is 0 Å². The standard InChI is InChI=1S/C12H19NO4S2/c1-2-3-4-7-12(18,19)8-17-11(16)13-9(14)5-6-10(13)15/h18-19H,2-8H2,1H3. The number of nitrogens with zero attached hydrogens (tertiary/aromatic N) is 1. The number of carbonyl (C=O) groups excluding carboxylic acids is 3. The van der Waals surface area contributed by atoms with Crippen LogP contribution < -0.4 is 0 Å². The molecule has 7 heteroatoms.